The topological polar surface area (TPSA) is 65.9 Å². The lowest BCUT2D eigenvalue weighted by Crippen LogP contribution is -2.37. The third-order valence-electron chi connectivity index (χ3n) is 5.15. The highest BCUT2D eigenvalue weighted by atomic mass is 16.5. The Morgan fingerprint density at radius 1 is 1.19 bits per heavy atom. The van der Waals surface area contributed by atoms with E-state index in [0.717, 1.165) is 56.0 Å². The summed E-state index contributed by atoms with van der Waals surface area (Å²) in [5.41, 5.74) is 3.02. The van der Waals surface area contributed by atoms with Crippen LogP contribution in [0.3, 0.4) is 0 Å². The zero-order chi connectivity index (χ0) is 19.2. The molecule has 0 radical (unpaired) electrons. The van der Waals surface area contributed by atoms with Crippen molar-refractivity contribution in [3.8, 4) is 5.75 Å². The number of aliphatic carboxylic acids is 1. The summed E-state index contributed by atoms with van der Waals surface area (Å²) in [6.07, 6.45) is 4.57. The number of rotatable bonds is 6. The van der Waals surface area contributed by atoms with Crippen molar-refractivity contribution in [2.45, 2.75) is 25.9 Å². The molecule has 1 aromatic carbocycles. The number of benzene rings is 1. The minimum Gasteiger partial charge on any atom is -0.497 e. The molecular weight excluding hydrogens is 342 g/mol. The van der Waals surface area contributed by atoms with Crippen molar-refractivity contribution in [3.63, 3.8) is 0 Å². The number of carboxylic acids is 1. The van der Waals surface area contributed by atoms with E-state index in [9.17, 15) is 9.90 Å². The lowest BCUT2D eigenvalue weighted by molar-refractivity contribution is -0.143. The first-order valence-corrected chi connectivity index (χ1v) is 9.31. The molecule has 0 spiro atoms. The molecule has 1 N–H and O–H groups in total. The molecule has 144 valence electrons. The van der Waals surface area contributed by atoms with E-state index < -0.39 is 12.0 Å². The molecule has 27 heavy (non-hydrogen) atoms. The van der Waals surface area contributed by atoms with Crippen LogP contribution in [-0.2, 0) is 11.3 Å². The number of carboxylic acid groups (broad SMARTS) is 1. The summed E-state index contributed by atoms with van der Waals surface area (Å²) in [6.45, 7) is 6.13. The summed E-state index contributed by atoms with van der Waals surface area (Å²) in [6, 6.07) is 9.06. The molecule has 0 bridgehead atoms. The van der Waals surface area contributed by atoms with Crippen LogP contribution < -0.4 is 4.74 Å². The molecule has 1 aromatic heterocycles. The van der Waals surface area contributed by atoms with Crippen molar-refractivity contribution in [1.29, 1.82) is 0 Å². The first kappa shape index (κ1) is 19.3. The predicted molar refractivity (Wildman–Crippen MR) is 104 cm³/mol. The van der Waals surface area contributed by atoms with Gasteiger partial charge in [-0.15, -0.1) is 0 Å². The van der Waals surface area contributed by atoms with Gasteiger partial charge in [-0.05, 0) is 60.8 Å². The Hall–Kier alpha value is -2.44. The normalized spacial score (nSPS) is 17.3. The molecule has 2 aromatic rings. The third-order valence-corrected chi connectivity index (χ3v) is 5.15. The highest BCUT2D eigenvalue weighted by Gasteiger charge is 2.30. The van der Waals surface area contributed by atoms with Gasteiger partial charge in [-0.1, -0.05) is 6.07 Å². The fraction of sp³-hybridized carbons (Fsp3) is 0.429. The van der Waals surface area contributed by atoms with E-state index in [4.69, 9.17) is 4.74 Å². The van der Waals surface area contributed by atoms with Gasteiger partial charge in [0.25, 0.3) is 0 Å². The Labute approximate surface area is 160 Å². The molecule has 0 unspecified atom stereocenters. The van der Waals surface area contributed by atoms with E-state index in [1.165, 1.54) is 5.56 Å². The number of ether oxygens (including phenoxy) is 1. The molecule has 1 atom stereocenters. The van der Waals surface area contributed by atoms with Crippen molar-refractivity contribution in [3.05, 3.63) is 59.4 Å². The zero-order valence-corrected chi connectivity index (χ0v) is 16.0. The molecule has 1 saturated heterocycles. The number of methoxy groups -OCH3 is 1. The second-order valence-electron chi connectivity index (χ2n) is 6.98. The maximum atomic E-state index is 12.1. The molecule has 6 nitrogen and oxygen atoms in total. The SMILES string of the molecule is COc1ccc([C@H](C(=O)O)N2CCCN(Cc3ccncc3)CC2)c(C)c1. The maximum absolute atomic E-state index is 12.1. The van der Waals surface area contributed by atoms with Crippen molar-refractivity contribution in [2.24, 2.45) is 0 Å². The van der Waals surface area contributed by atoms with Crippen LogP contribution in [0.25, 0.3) is 0 Å². The van der Waals surface area contributed by atoms with Crippen LogP contribution in [0.2, 0.25) is 0 Å². The second-order valence-corrected chi connectivity index (χ2v) is 6.98. The Bertz CT molecular complexity index is 767. The van der Waals surface area contributed by atoms with Crippen LogP contribution >= 0.6 is 0 Å². The maximum Gasteiger partial charge on any atom is 0.325 e. The van der Waals surface area contributed by atoms with E-state index >= 15 is 0 Å². The molecular formula is C21H27N3O3. The van der Waals surface area contributed by atoms with Gasteiger partial charge in [-0.3, -0.25) is 19.6 Å². The van der Waals surface area contributed by atoms with Crippen LogP contribution in [0.5, 0.6) is 5.75 Å². The van der Waals surface area contributed by atoms with Crippen molar-refractivity contribution >= 4 is 5.97 Å². The largest absolute Gasteiger partial charge is 0.497 e. The quantitative estimate of drug-likeness (QED) is 0.845. The monoisotopic (exact) mass is 369 g/mol. The third kappa shape index (κ3) is 4.84. The van der Waals surface area contributed by atoms with Gasteiger partial charge >= 0.3 is 5.97 Å². The van der Waals surface area contributed by atoms with Crippen LogP contribution in [0, 0.1) is 6.92 Å². The smallest absolute Gasteiger partial charge is 0.325 e. The summed E-state index contributed by atoms with van der Waals surface area (Å²) < 4.78 is 5.25. The second kappa shape index (κ2) is 8.97. The lowest BCUT2D eigenvalue weighted by atomic mass is 9.99. The molecule has 3 rings (SSSR count). The number of nitrogens with zero attached hydrogens (tertiary/aromatic N) is 3. The van der Waals surface area contributed by atoms with E-state index in [1.54, 1.807) is 7.11 Å². The van der Waals surface area contributed by atoms with Gasteiger partial charge in [0.1, 0.15) is 11.8 Å². The average molecular weight is 369 g/mol. The van der Waals surface area contributed by atoms with Gasteiger partial charge in [-0.2, -0.15) is 0 Å². The molecule has 1 fully saturated rings. The van der Waals surface area contributed by atoms with Crippen molar-refractivity contribution in [2.75, 3.05) is 33.3 Å². The fourth-order valence-electron chi connectivity index (χ4n) is 3.72. The molecule has 0 aliphatic carbocycles. The molecule has 1 aliphatic heterocycles. The predicted octanol–water partition coefficient (Wildman–Crippen LogP) is 2.73. The summed E-state index contributed by atoms with van der Waals surface area (Å²) in [5, 5.41) is 9.93. The van der Waals surface area contributed by atoms with E-state index in [1.807, 2.05) is 49.6 Å². The Kier molecular flexibility index (Phi) is 6.42. The van der Waals surface area contributed by atoms with E-state index in [-0.39, 0.29) is 0 Å². The first-order chi connectivity index (χ1) is 13.1. The number of carbonyl (C=O) groups is 1. The van der Waals surface area contributed by atoms with Gasteiger partial charge in [0, 0.05) is 38.6 Å². The van der Waals surface area contributed by atoms with Crippen molar-refractivity contribution in [1.82, 2.24) is 14.8 Å². The zero-order valence-electron chi connectivity index (χ0n) is 16.0. The van der Waals surface area contributed by atoms with Crippen LogP contribution in [-0.4, -0.2) is 59.1 Å². The van der Waals surface area contributed by atoms with Crippen molar-refractivity contribution < 1.29 is 14.6 Å². The van der Waals surface area contributed by atoms with Gasteiger partial charge in [0.2, 0.25) is 0 Å². The molecule has 2 heterocycles. The van der Waals surface area contributed by atoms with Gasteiger partial charge in [-0.25, -0.2) is 0 Å². The number of aryl methyl sites for hydroxylation is 1. The summed E-state index contributed by atoms with van der Waals surface area (Å²) in [5.74, 6) is -0.0503. The van der Waals surface area contributed by atoms with Crippen LogP contribution in [0.4, 0.5) is 0 Å². The molecule has 0 saturated carbocycles. The Balaban J connectivity index is 1.72. The average Bonchev–Trinajstić information content (AvgIpc) is 2.89. The van der Waals surface area contributed by atoms with Crippen LogP contribution in [0.1, 0.15) is 29.2 Å². The standard InChI is InChI=1S/C21H27N3O3/c1-16-14-18(27-2)4-5-19(16)20(21(25)26)24-11-3-10-23(12-13-24)15-17-6-8-22-9-7-17/h4-9,14,20H,3,10-13,15H2,1-2H3,(H,25,26)/t20-/m1/s1. The molecule has 1 aliphatic rings. The number of aromatic nitrogens is 1. The highest BCUT2D eigenvalue weighted by Crippen LogP contribution is 2.28. The minimum atomic E-state index is -0.800. The minimum absolute atomic E-state index is 0.628. The van der Waals surface area contributed by atoms with E-state index in [0.29, 0.717) is 0 Å². The highest BCUT2D eigenvalue weighted by molar-refractivity contribution is 5.76. The molecule has 6 heteroatoms. The number of hydrogen-bond acceptors (Lipinski definition) is 5. The number of hydrogen-bond donors (Lipinski definition) is 1. The van der Waals surface area contributed by atoms with Gasteiger partial charge < -0.3 is 9.84 Å². The summed E-state index contributed by atoms with van der Waals surface area (Å²) in [4.78, 5) is 20.6. The fourth-order valence-corrected chi connectivity index (χ4v) is 3.72. The van der Waals surface area contributed by atoms with Gasteiger partial charge in [0.05, 0.1) is 7.11 Å². The first-order valence-electron chi connectivity index (χ1n) is 9.31. The summed E-state index contributed by atoms with van der Waals surface area (Å²) >= 11 is 0. The summed E-state index contributed by atoms with van der Waals surface area (Å²) in [7, 11) is 1.62. The van der Waals surface area contributed by atoms with E-state index in [2.05, 4.69) is 14.8 Å². The Morgan fingerprint density at radius 3 is 2.63 bits per heavy atom. The van der Waals surface area contributed by atoms with Crippen LogP contribution in [0.15, 0.2) is 42.7 Å². The number of pyridine rings is 1. The lowest BCUT2D eigenvalue weighted by Gasteiger charge is -2.29. The molecule has 0 amide bonds. The van der Waals surface area contributed by atoms with Gasteiger partial charge in [0.15, 0.2) is 0 Å². The Morgan fingerprint density at radius 2 is 1.96 bits per heavy atom.